The van der Waals surface area contributed by atoms with E-state index in [1.807, 2.05) is 0 Å². The summed E-state index contributed by atoms with van der Waals surface area (Å²) < 4.78 is 12.9. The standard InChI is InChI=1S/C9H14N4O2/c10-7-3-13(12-11-7)4-8-14-5-9(1-2-9)6-15-8/h3,8H,1-2,4-6,10H2. The highest BCUT2D eigenvalue weighted by Crippen LogP contribution is 2.48. The van der Waals surface area contributed by atoms with E-state index in [0.29, 0.717) is 17.8 Å². The molecule has 2 aliphatic rings. The normalized spacial score (nSPS) is 24.5. The lowest BCUT2D eigenvalue weighted by Gasteiger charge is -2.29. The minimum absolute atomic E-state index is 0.211. The molecule has 15 heavy (non-hydrogen) atoms. The van der Waals surface area contributed by atoms with Crippen molar-refractivity contribution in [3.63, 3.8) is 0 Å². The predicted molar refractivity (Wildman–Crippen MR) is 51.8 cm³/mol. The van der Waals surface area contributed by atoms with Crippen LogP contribution in [0.2, 0.25) is 0 Å². The maximum Gasteiger partial charge on any atom is 0.177 e. The van der Waals surface area contributed by atoms with E-state index >= 15 is 0 Å². The van der Waals surface area contributed by atoms with Gasteiger partial charge in [0, 0.05) is 5.41 Å². The van der Waals surface area contributed by atoms with Gasteiger partial charge in [0.05, 0.1) is 26.0 Å². The maximum atomic E-state index is 5.62. The second-order valence-corrected chi connectivity index (χ2v) is 4.42. The van der Waals surface area contributed by atoms with Gasteiger partial charge >= 0.3 is 0 Å². The number of rotatable bonds is 2. The zero-order chi connectivity index (χ0) is 10.3. The minimum Gasteiger partial charge on any atom is -0.381 e. The predicted octanol–water partition coefficient (Wildman–Crippen LogP) is 0.0134. The summed E-state index contributed by atoms with van der Waals surface area (Å²) in [5, 5.41) is 7.55. The molecule has 6 heteroatoms. The summed E-state index contributed by atoms with van der Waals surface area (Å²) in [6, 6.07) is 0. The molecular formula is C9H14N4O2. The third-order valence-electron chi connectivity index (χ3n) is 3.00. The van der Waals surface area contributed by atoms with Gasteiger partial charge in [-0.2, -0.15) is 0 Å². The largest absolute Gasteiger partial charge is 0.381 e. The highest BCUT2D eigenvalue weighted by atomic mass is 16.7. The Morgan fingerprint density at radius 3 is 2.73 bits per heavy atom. The minimum atomic E-state index is -0.211. The smallest absolute Gasteiger partial charge is 0.177 e. The van der Waals surface area contributed by atoms with Crippen molar-refractivity contribution in [2.45, 2.75) is 25.7 Å². The Morgan fingerprint density at radius 1 is 1.47 bits per heavy atom. The molecule has 0 atom stereocenters. The van der Waals surface area contributed by atoms with Crippen LogP contribution in [-0.2, 0) is 16.0 Å². The average molecular weight is 210 g/mol. The topological polar surface area (TPSA) is 75.2 Å². The first-order valence-electron chi connectivity index (χ1n) is 5.15. The lowest BCUT2D eigenvalue weighted by molar-refractivity contribution is -0.213. The number of anilines is 1. The molecule has 1 aromatic heterocycles. The zero-order valence-electron chi connectivity index (χ0n) is 8.43. The van der Waals surface area contributed by atoms with Crippen LogP contribution in [0.15, 0.2) is 6.20 Å². The maximum absolute atomic E-state index is 5.62. The Balaban J connectivity index is 1.56. The van der Waals surface area contributed by atoms with Crippen molar-refractivity contribution >= 4 is 5.82 Å². The first-order chi connectivity index (χ1) is 7.26. The number of ether oxygens (including phenoxy) is 2. The fourth-order valence-corrected chi connectivity index (χ4v) is 1.76. The van der Waals surface area contributed by atoms with Gasteiger partial charge in [-0.05, 0) is 12.8 Å². The van der Waals surface area contributed by atoms with Gasteiger partial charge in [-0.15, -0.1) is 5.10 Å². The number of nitrogen functional groups attached to an aromatic ring is 1. The van der Waals surface area contributed by atoms with Gasteiger partial charge in [-0.1, -0.05) is 5.21 Å². The molecule has 1 spiro atoms. The van der Waals surface area contributed by atoms with E-state index in [1.54, 1.807) is 10.9 Å². The van der Waals surface area contributed by atoms with E-state index in [0.717, 1.165) is 13.2 Å². The Kier molecular flexibility index (Phi) is 1.93. The van der Waals surface area contributed by atoms with Crippen molar-refractivity contribution in [3.05, 3.63) is 6.20 Å². The summed E-state index contributed by atoms with van der Waals surface area (Å²) in [6.45, 7) is 2.17. The van der Waals surface area contributed by atoms with Crippen LogP contribution >= 0.6 is 0 Å². The molecule has 0 aromatic carbocycles. The molecule has 1 aliphatic carbocycles. The van der Waals surface area contributed by atoms with Crippen LogP contribution in [0, 0.1) is 5.41 Å². The van der Waals surface area contributed by atoms with Gasteiger partial charge in [-0.3, -0.25) is 0 Å². The second-order valence-electron chi connectivity index (χ2n) is 4.42. The van der Waals surface area contributed by atoms with E-state index in [4.69, 9.17) is 15.2 Å². The molecule has 1 saturated heterocycles. The van der Waals surface area contributed by atoms with E-state index in [-0.39, 0.29) is 6.29 Å². The van der Waals surface area contributed by atoms with Crippen molar-refractivity contribution < 1.29 is 9.47 Å². The van der Waals surface area contributed by atoms with E-state index in [9.17, 15) is 0 Å². The Labute approximate surface area is 87.3 Å². The highest BCUT2D eigenvalue weighted by Gasteiger charge is 2.46. The summed E-state index contributed by atoms with van der Waals surface area (Å²) in [5.41, 5.74) is 5.81. The quantitative estimate of drug-likeness (QED) is 0.744. The first kappa shape index (κ1) is 9.11. The summed E-state index contributed by atoms with van der Waals surface area (Å²) in [4.78, 5) is 0. The summed E-state index contributed by atoms with van der Waals surface area (Å²) in [7, 11) is 0. The molecule has 0 unspecified atom stereocenters. The van der Waals surface area contributed by atoms with Gasteiger partial charge in [0.15, 0.2) is 12.1 Å². The summed E-state index contributed by atoms with van der Waals surface area (Å²) >= 11 is 0. The number of hydrogen-bond donors (Lipinski definition) is 1. The van der Waals surface area contributed by atoms with Gasteiger partial charge in [0.25, 0.3) is 0 Å². The van der Waals surface area contributed by atoms with Crippen LogP contribution in [0.4, 0.5) is 5.82 Å². The monoisotopic (exact) mass is 210 g/mol. The van der Waals surface area contributed by atoms with Gasteiger partial charge < -0.3 is 15.2 Å². The third kappa shape index (κ3) is 1.82. The van der Waals surface area contributed by atoms with Gasteiger partial charge in [-0.25, -0.2) is 4.68 Å². The van der Waals surface area contributed by atoms with Crippen LogP contribution in [-0.4, -0.2) is 34.5 Å². The van der Waals surface area contributed by atoms with Crippen LogP contribution in [0.25, 0.3) is 0 Å². The van der Waals surface area contributed by atoms with Crippen LogP contribution in [0.1, 0.15) is 12.8 Å². The number of nitrogens with two attached hydrogens (primary N) is 1. The number of aromatic nitrogens is 3. The Morgan fingerprint density at radius 2 is 2.20 bits per heavy atom. The molecule has 6 nitrogen and oxygen atoms in total. The molecule has 1 aromatic rings. The van der Waals surface area contributed by atoms with Gasteiger partial charge in [0.2, 0.25) is 0 Å². The van der Waals surface area contributed by atoms with Gasteiger partial charge in [0.1, 0.15) is 0 Å². The van der Waals surface area contributed by atoms with Crippen LogP contribution in [0.3, 0.4) is 0 Å². The molecule has 82 valence electrons. The van der Waals surface area contributed by atoms with E-state index < -0.39 is 0 Å². The number of nitrogens with zero attached hydrogens (tertiary/aromatic N) is 3. The van der Waals surface area contributed by atoms with Crippen LogP contribution in [0.5, 0.6) is 0 Å². The molecular weight excluding hydrogens is 196 g/mol. The Hall–Kier alpha value is -1.14. The summed E-state index contributed by atoms with van der Waals surface area (Å²) in [6.07, 6.45) is 3.93. The van der Waals surface area contributed by atoms with E-state index in [1.165, 1.54) is 12.8 Å². The fraction of sp³-hybridized carbons (Fsp3) is 0.778. The van der Waals surface area contributed by atoms with Crippen LogP contribution < -0.4 is 5.73 Å². The lowest BCUT2D eigenvalue weighted by atomic mass is 10.1. The van der Waals surface area contributed by atoms with Crippen molar-refractivity contribution in [2.24, 2.45) is 5.41 Å². The van der Waals surface area contributed by atoms with Crippen molar-refractivity contribution in [1.82, 2.24) is 15.0 Å². The summed E-state index contributed by atoms with van der Waals surface area (Å²) in [5.74, 6) is 0.421. The average Bonchev–Trinajstić information content (AvgIpc) is 2.87. The Bertz CT molecular complexity index is 351. The fourth-order valence-electron chi connectivity index (χ4n) is 1.76. The first-order valence-corrected chi connectivity index (χ1v) is 5.15. The van der Waals surface area contributed by atoms with Crippen molar-refractivity contribution in [2.75, 3.05) is 18.9 Å². The molecule has 0 bridgehead atoms. The number of hydrogen-bond acceptors (Lipinski definition) is 5. The molecule has 1 aliphatic heterocycles. The molecule has 2 fully saturated rings. The molecule has 1 saturated carbocycles. The third-order valence-corrected chi connectivity index (χ3v) is 3.00. The second kappa shape index (κ2) is 3.18. The zero-order valence-corrected chi connectivity index (χ0v) is 8.43. The van der Waals surface area contributed by atoms with Crippen molar-refractivity contribution in [1.29, 1.82) is 0 Å². The lowest BCUT2D eigenvalue weighted by Crippen LogP contribution is -2.36. The SMILES string of the molecule is Nc1cn(CC2OCC3(CC3)CO2)nn1. The van der Waals surface area contributed by atoms with Crippen molar-refractivity contribution in [3.8, 4) is 0 Å². The molecule has 0 radical (unpaired) electrons. The molecule has 3 rings (SSSR count). The molecule has 2 heterocycles. The molecule has 2 N–H and O–H groups in total. The molecule has 0 amide bonds. The highest BCUT2D eigenvalue weighted by molar-refractivity contribution is 5.19. The van der Waals surface area contributed by atoms with E-state index in [2.05, 4.69) is 10.3 Å².